The molecule has 1 heterocycles. The summed E-state index contributed by atoms with van der Waals surface area (Å²) >= 11 is 5.85. The second kappa shape index (κ2) is 7.02. The molecular formula is C23H24ClFO3. The number of hydrogen-bond acceptors (Lipinski definition) is 3. The second-order valence-electron chi connectivity index (χ2n) is 8.03. The van der Waals surface area contributed by atoms with E-state index in [9.17, 15) is 14.3 Å². The number of benzene rings is 2. The fourth-order valence-corrected chi connectivity index (χ4v) is 3.87. The minimum absolute atomic E-state index is 0.0862. The summed E-state index contributed by atoms with van der Waals surface area (Å²) in [7, 11) is 0. The van der Waals surface area contributed by atoms with Gasteiger partial charge in [-0.2, -0.15) is 0 Å². The maximum atomic E-state index is 14.4. The Morgan fingerprint density at radius 3 is 2.29 bits per heavy atom. The first-order chi connectivity index (χ1) is 13.0. The lowest BCUT2D eigenvalue weighted by molar-refractivity contribution is -0.158. The van der Waals surface area contributed by atoms with Crippen LogP contribution in [-0.4, -0.2) is 22.1 Å². The number of aliphatic hydroxyl groups excluding tert-OH is 1. The second-order valence-corrected chi connectivity index (χ2v) is 8.46. The number of rotatable bonds is 3. The average Bonchev–Trinajstić information content (AvgIpc) is 2.60. The number of ketones is 1. The van der Waals surface area contributed by atoms with E-state index in [1.54, 1.807) is 52.0 Å². The molecule has 0 aromatic heterocycles. The zero-order valence-corrected chi connectivity index (χ0v) is 17.4. The highest BCUT2D eigenvalue weighted by molar-refractivity contribution is 6.30. The molecule has 2 aromatic rings. The van der Waals surface area contributed by atoms with Crippen LogP contribution in [0.5, 0.6) is 0 Å². The van der Waals surface area contributed by atoms with E-state index in [4.69, 9.17) is 16.3 Å². The van der Waals surface area contributed by atoms with Crippen LogP contribution in [0.15, 0.2) is 42.2 Å². The van der Waals surface area contributed by atoms with Crippen LogP contribution >= 0.6 is 11.6 Å². The summed E-state index contributed by atoms with van der Waals surface area (Å²) in [4.78, 5) is 13.0. The van der Waals surface area contributed by atoms with Gasteiger partial charge in [0.2, 0.25) is 0 Å². The summed E-state index contributed by atoms with van der Waals surface area (Å²) in [6.07, 6.45) is 0.615. The van der Waals surface area contributed by atoms with Gasteiger partial charge in [0.25, 0.3) is 0 Å². The number of ether oxygens (including phenoxy) is 1. The minimum atomic E-state index is -1.06. The topological polar surface area (TPSA) is 46.5 Å². The first-order valence-corrected chi connectivity index (χ1v) is 9.63. The molecule has 28 heavy (non-hydrogen) atoms. The highest BCUT2D eigenvalue weighted by Crippen LogP contribution is 2.41. The highest BCUT2D eigenvalue weighted by Gasteiger charge is 2.47. The molecule has 0 fully saturated rings. The molecule has 0 aliphatic carbocycles. The summed E-state index contributed by atoms with van der Waals surface area (Å²) in [6, 6.07) is 9.92. The Balaban J connectivity index is 2.19. The third-order valence-corrected chi connectivity index (χ3v) is 5.32. The van der Waals surface area contributed by atoms with Gasteiger partial charge in [0, 0.05) is 10.6 Å². The van der Waals surface area contributed by atoms with Crippen molar-refractivity contribution in [3.05, 3.63) is 64.1 Å². The van der Waals surface area contributed by atoms with Crippen LogP contribution in [0.3, 0.4) is 0 Å². The van der Waals surface area contributed by atoms with Gasteiger partial charge in [0.1, 0.15) is 22.8 Å². The summed E-state index contributed by atoms with van der Waals surface area (Å²) in [6.45, 7) is 8.83. The van der Waals surface area contributed by atoms with E-state index in [1.165, 1.54) is 6.07 Å². The van der Waals surface area contributed by atoms with E-state index in [1.807, 2.05) is 13.0 Å². The Kier molecular flexibility index (Phi) is 5.15. The predicted octanol–water partition coefficient (Wildman–Crippen LogP) is 6.13. The molecule has 0 amide bonds. The third kappa shape index (κ3) is 3.47. The maximum Gasteiger partial charge on any atom is 0.198 e. The van der Waals surface area contributed by atoms with Crippen molar-refractivity contribution >= 4 is 23.0 Å². The van der Waals surface area contributed by atoms with Gasteiger partial charge < -0.3 is 9.84 Å². The highest BCUT2D eigenvalue weighted by atomic mass is 35.5. The number of halogens is 2. The van der Waals surface area contributed by atoms with Gasteiger partial charge in [0.05, 0.1) is 5.57 Å². The average molecular weight is 403 g/mol. The molecule has 0 unspecified atom stereocenters. The van der Waals surface area contributed by atoms with Gasteiger partial charge in [-0.05, 0) is 69.0 Å². The minimum Gasteiger partial charge on any atom is -0.508 e. The van der Waals surface area contributed by atoms with Crippen LogP contribution in [0.2, 0.25) is 5.02 Å². The van der Waals surface area contributed by atoms with Gasteiger partial charge in [-0.15, -0.1) is 0 Å². The Morgan fingerprint density at radius 2 is 1.68 bits per heavy atom. The predicted molar refractivity (Wildman–Crippen MR) is 110 cm³/mol. The largest absolute Gasteiger partial charge is 0.508 e. The molecule has 0 atom stereocenters. The molecule has 3 nitrogen and oxygen atoms in total. The molecule has 0 radical (unpaired) electrons. The van der Waals surface area contributed by atoms with Crippen molar-refractivity contribution in [2.75, 3.05) is 0 Å². The maximum absolute atomic E-state index is 14.4. The molecule has 0 bridgehead atoms. The molecule has 1 aliphatic heterocycles. The van der Waals surface area contributed by atoms with E-state index in [-0.39, 0.29) is 17.1 Å². The standard InChI is InChI=1S/C23H24ClFO3/c1-6-13-11-14(16-10-8-15(24)12-18(16)25)7-9-17(13)19-20(26)22(2,3)28-23(4,5)21(19)27/h7-12,26H,6H2,1-5H3. The Bertz CT molecular complexity index is 989. The van der Waals surface area contributed by atoms with Gasteiger partial charge in [0.15, 0.2) is 5.78 Å². The summed E-state index contributed by atoms with van der Waals surface area (Å²) in [5, 5.41) is 11.1. The molecular weight excluding hydrogens is 379 g/mol. The fraction of sp³-hybridized carbons (Fsp3) is 0.348. The normalized spacial score (nSPS) is 18.5. The molecule has 2 aromatic carbocycles. The quantitative estimate of drug-likeness (QED) is 0.671. The van der Waals surface area contributed by atoms with Crippen LogP contribution in [0.4, 0.5) is 4.39 Å². The number of aliphatic hydroxyl groups is 1. The van der Waals surface area contributed by atoms with E-state index in [0.717, 1.165) is 5.56 Å². The van der Waals surface area contributed by atoms with Crippen molar-refractivity contribution in [2.45, 2.75) is 52.2 Å². The molecule has 0 saturated carbocycles. The van der Waals surface area contributed by atoms with E-state index in [0.29, 0.717) is 28.1 Å². The Hall–Kier alpha value is -2.17. The van der Waals surface area contributed by atoms with Crippen molar-refractivity contribution < 1.29 is 19.0 Å². The molecule has 0 saturated heterocycles. The number of Topliss-reactive ketones (excluding diaryl/α,β-unsaturated/α-hetero) is 1. The number of carbonyl (C=O) groups is 1. The van der Waals surface area contributed by atoms with Gasteiger partial charge in [-0.1, -0.05) is 36.7 Å². The zero-order chi connectivity index (χ0) is 20.9. The summed E-state index contributed by atoms with van der Waals surface area (Å²) in [5.41, 5.74) is 0.829. The third-order valence-electron chi connectivity index (χ3n) is 5.09. The molecule has 1 N–H and O–H groups in total. The molecule has 1 aliphatic rings. The van der Waals surface area contributed by atoms with Crippen molar-refractivity contribution in [1.29, 1.82) is 0 Å². The molecule has 5 heteroatoms. The van der Waals surface area contributed by atoms with E-state index < -0.39 is 17.0 Å². The first kappa shape index (κ1) is 20.6. The lowest BCUT2D eigenvalue weighted by Crippen LogP contribution is -2.49. The van der Waals surface area contributed by atoms with Crippen molar-refractivity contribution in [1.82, 2.24) is 0 Å². The molecule has 148 valence electrons. The van der Waals surface area contributed by atoms with Crippen LogP contribution in [0.25, 0.3) is 16.7 Å². The van der Waals surface area contributed by atoms with E-state index in [2.05, 4.69) is 0 Å². The Labute approximate surface area is 169 Å². The number of carbonyl (C=O) groups excluding carboxylic acids is 1. The smallest absolute Gasteiger partial charge is 0.198 e. The SMILES string of the molecule is CCc1cc(-c2ccc(Cl)cc2F)ccc1C1=C(O)C(C)(C)OC(C)(C)C1=O. The molecule has 3 rings (SSSR count). The van der Waals surface area contributed by atoms with Crippen LogP contribution < -0.4 is 0 Å². The number of hydrogen-bond donors (Lipinski definition) is 1. The molecule has 0 spiro atoms. The van der Waals surface area contributed by atoms with Crippen LogP contribution in [-0.2, 0) is 16.0 Å². The fourth-order valence-electron chi connectivity index (χ4n) is 3.71. The lowest BCUT2D eigenvalue weighted by Gasteiger charge is -2.40. The monoisotopic (exact) mass is 402 g/mol. The van der Waals surface area contributed by atoms with Crippen molar-refractivity contribution in [2.24, 2.45) is 0 Å². The van der Waals surface area contributed by atoms with Crippen LogP contribution in [0.1, 0.15) is 45.7 Å². The summed E-state index contributed by atoms with van der Waals surface area (Å²) < 4.78 is 20.2. The van der Waals surface area contributed by atoms with Crippen molar-refractivity contribution in [3.63, 3.8) is 0 Å². The van der Waals surface area contributed by atoms with Crippen LogP contribution in [0, 0.1) is 5.82 Å². The van der Waals surface area contributed by atoms with Crippen molar-refractivity contribution in [3.8, 4) is 11.1 Å². The van der Waals surface area contributed by atoms with E-state index >= 15 is 0 Å². The van der Waals surface area contributed by atoms with Gasteiger partial charge >= 0.3 is 0 Å². The first-order valence-electron chi connectivity index (χ1n) is 9.25. The Morgan fingerprint density at radius 1 is 1.04 bits per heavy atom. The van der Waals surface area contributed by atoms with Gasteiger partial charge in [-0.3, -0.25) is 4.79 Å². The zero-order valence-electron chi connectivity index (χ0n) is 16.7. The number of aryl methyl sites for hydroxylation is 1. The lowest BCUT2D eigenvalue weighted by atomic mass is 9.81. The summed E-state index contributed by atoms with van der Waals surface area (Å²) in [5.74, 6) is -0.768. The van der Waals surface area contributed by atoms with Gasteiger partial charge in [-0.25, -0.2) is 4.39 Å².